The molecule has 1 aromatic heterocycles. The molecule has 20 heavy (non-hydrogen) atoms. The van der Waals surface area contributed by atoms with Gasteiger partial charge in [-0.25, -0.2) is 9.97 Å². The lowest BCUT2D eigenvalue weighted by Crippen LogP contribution is -2.32. The fourth-order valence-corrected chi connectivity index (χ4v) is 2.67. The Bertz CT molecular complexity index is 438. The van der Waals surface area contributed by atoms with E-state index in [2.05, 4.69) is 28.9 Å². The molecule has 0 spiro atoms. The van der Waals surface area contributed by atoms with E-state index in [9.17, 15) is 0 Å². The van der Waals surface area contributed by atoms with E-state index in [4.69, 9.17) is 9.72 Å². The summed E-state index contributed by atoms with van der Waals surface area (Å²) in [6, 6.07) is 2.05. The summed E-state index contributed by atoms with van der Waals surface area (Å²) in [6.07, 6.45) is 2.42. The number of hydrogen-bond donors (Lipinski definition) is 0. The Morgan fingerprint density at radius 1 is 1.45 bits per heavy atom. The Morgan fingerprint density at radius 2 is 2.25 bits per heavy atom. The minimum atomic E-state index is 0.461. The molecule has 1 fully saturated rings. The first-order valence-corrected chi connectivity index (χ1v) is 7.34. The molecule has 1 atom stereocenters. The maximum absolute atomic E-state index is 5.13. The quantitative estimate of drug-likeness (QED) is 0.819. The average Bonchev–Trinajstić information content (AvgIpc) is 2.44. The Labute approximate surface area is 122 Å². The molecule has 0 bridgehead atoms. The zero-order valence-corrected chi connectivity index (χ0v) is 13.1. The highest BCUT2D eigenvalue weighted by molar-refractivity contribution is 5.39. The number of rotatable bonds is 5. The van der Waals surface area contributed by atoms with E-state index in [0.717, 1.165) is 30.4 Å². The minimum Gasteiger partial charge on any atom is -0.383 e. The van der Waals surface area contributed by atoms with Gasteiger partial charge in [0.25, 0.3) is 0 Å². The van der Waals surface area contributed by atoms with Gasteiger partial charge in [0.2, 0.25) is 0 Å². The molecule has 0 aliphatic carbocycles. The maximum atomic E-state index is 5.13. The van der Waals surface area contributed by atoms with E-state index in [1.165, 1.54) is 19.4 Å². The van der Waals surface area contributed by atoms with Crippen LogP contribution in [0.15, 0.2) is 6.07 Å². The number of nitrogens with zero attached hydrogens (tertiary/aromatic N) is 4. The van der Waals surface area contributed by atoms with Crippen LogP contribution in [-0.4, -0.2) is 62.3 Å². The zero-order valence-electron chi connectivity index (χ0n) is 13.1. The zero-order chi connectivity index (χ0) is 14.5. The number of hydrogen-bond acceptors (Lipinski definition) is 5. The van der Waals surface area contributed by atoms with Crippen molar-refractivity contribution in [2.24, 2.45) is 0 Å². The molecule has 0 unspecified atom stereocenters. The van der Waals surface area contributed by atoms with Gasteiger partial charge in [-0.1, -0.05) is 0 Å². The van der Waals surface area contributed by atoms with Crippen molar-refractivity contribution in [3.8, 4) is 0 Å². The molecule has 0 amide bonds. The SMILES string of the molecule is COCCN(C)c1cc(C)nc([C@@H]2CCCN(C)C2)n1. The first-order chi connectivity index (χ1) is 9.60. The molecule has 1 aliphatic heterocycles. The van der Waals surface area contributed by atoms with Crippen LogP contribution >= 0.6 is 0 Å². The van der Waals surface area contributed by atoms with Gasteiger partial charge in [0.15, 0.2) is 0 Å². The standard InChI is InChI=1S/C15H26N4O/c1-12-10-14(19(3)8-9-20-4)17-15(16-12)13-6-5-7-18(2)11-13/h10,13H,5-9,11H2,1-4H3/t13-/m1/s1. The van der Waals surface area contributed by atoms with E-state index in [1.54, 1.807) is 7.11 Å². The van der Waals surface area contributed by atoms with E-state index < -0.39 is 0 Å². The maximum Gasteiger partial charge on any atom is 0.135 e. The molecule has 1 aliphatic rings. The number of likely N-dealkylation sites (N-methyl/N-ethyl adjacent to an activating group) is 2. The lowest BCUT2D eigenvalue weighted by molar-refractivity contribution is 0.206. The molecule has 0 aromatic carbocycles. The van der Waals surface area contributed by atoms with Crippen LogP contribution in [0.4, 0.5) is 5.82 Å². The topological polar surface area (TPSA) is 41.5 Å². The Balaban J connectivity index is 2.15. The second kappa shape index (κ2) is 6.99. The van der Waals surface area contributed by atoms with E-state index in [-0.39, 0.29) is 0 Å². The number of anilines is 1. The number of likely N-dealkylation sites (tertiary alicyclic amines) is 1. The first kappa shape index (κ1) is 15.2. The highest BCUT2D eigenvalue weighted by Crippen LogP contribution is 2.25. The van der Waals surface area contributed by atoms with Crippen molar-refractivity contribution < 1.29 is 4.74 Å². The third kappa shape index (κ3) is 3.90. The van der Waals surface area contributed by atoms with Crippen LogP contribution in [0.25, 0.3) is 0 Å². The minimum absolute atomic E-state index is 0.461. The molecule has 5 heteroatoms. The summed E-state index contributed by atoms with van der Waals surface area (Å²) in [5.41, 5.74) is 1.04. The number of methoxy groups -OCH3 is 1. The van der Waals surface area contributed by atoms with Crippen LogP contribution < -0.4 is 4.90 Å². The normalized spacial score (nSPS) is 20.1. The van der Waals surface area contributed by atoms with Gasteiger partial charge in [0.1, 0.15) is 11.6 Å². The van der Waals surface area contributed by atoms with E-state index in [0.29, 0.717) is 12.5 Å². The van der Waals surface area contributed by atoms with Crippen LogP contribution in [0.1, 0.15) is 30.3 Å². The van der Waals surface area contributed by atoms with E-state index >= 15 is 0 Å². The fourth-order valence-electron chi connectivity index (χ4n) is 2.67. The fraction of sp³-hybridized carbons (Fsp3) is 0.733. The molecule has 1 saturated heterocycles. The smallest absolute Gasteiger partial charge is 0.135 e. The van der Waals surface area contributed by atoms with Gasteiger partial charge in [-0.3, -0.25) is 0 Å². The predicted octanol–water partition coefficient (Wildman–Crippen LogP) is 1.68. The van der Waals surface area contributed by atoms with E-state index in [1.807, 2.05) is 13.0 Å². The summed E-state index contributed by atoms with van der Waals surface area (Å²) in [4.78, 5) is 13.9. The van der Waals surface area contributed by atoms with Crippen molar-refractivity contribution in [3.63, 3.8) is 0 Å². The number of aryl methyl sites for hydroxylation is 1. The Hall–Kier alpha value is -1.20. The Morgan fingerprint density at radius 3 is 2.95 bits per heavy atom. The molecule has 5 nitrogen and oxygen atoms in total. The number of piperidine rings is 1. The monoisotopic (exact) mass is 278 g/mol. The van der Waals surface area contributed by atoms with Gasteiger partial charge < -0.3 is 14.5 Å². The van der Waals surface area contributed by atoms with Crippen molar-refractivity contribution in [3.05, 3.63) is 17.6 Å². The predicted molar refractivity (Wildman–Crippen MR) is 81.4 cm³/mol. The summed E-state index contributed by atoms with van der Waals surface area (Å²) in [7, 11) is 5.95. The van der Waals surface area contributed by atoms with Crippen LogP contribution in [0.3, 0.4) is 0 Å². The lowest BCUT2D eigenvalue weighted by Gasteiger charge is -2.29. The van der Waals surface area contributed by atoms with Gasteiger partial charge >= 0.3 is 0 Å². The third-order valence-electron chi connectivity index (χ3n) is 3.87. The summed E-state index contributed by atoms with van der Waals surface area (Å²) < 4.78 is 5.13. The summed E-state index contributed by atoms with van der Waals surface area (Å²) in [6.45, 7) is 5.84. The molecular formula is C15H26N4O. The van der Waals surface area contributed by atoms with Crippen molar-refractivity contribution >= 4 is 5.82 Å². The van der Waals surface area contributed by atoms with Gasteiger partial charge in [-0.2, -0.15) is 0 Å². The summed E-state index contributed by atoms with van der Waals surface area (Å²) in [5, 5.41) is 0. The summed E-state index contributed by atoms with van der Waals surface area (Å²) in [5.74, 6) is 2.46. The second-order valence-corrected chi connectivity index (χ2v) is 5.74. The average molecular weight is 278 g/mol. The highest BCUT2D eigenvalue weighted by atomic mass is 16.5. The molecule has 0 radical (unpaired) electrons. The van der Waals surface area contributed by atoms with Crippen molar-refractivity contribution in [1.82, 2.24) is 14.9 Å². The number of aromatic nitrogens is 2. The van der Waals surface area contributed by atoms with Gasteiger partial charge in [0, 0.05) is 44.9 Å². The Kier molecular flexibility index (Phi) is 5.31. The van der Waals surface area contributed by atoms with Gasteiger partial charge in [0.05, 0.1) is 6.61 Å². The molecule has 0 saturated carbocycles. The molecular weight excluding hydrogens is 252 g/mol. The largest absolute Gasteiger partial charge is 0.383 e. The van der Waals surface area contributed by atoms with Crippen molar-refractivity contribution in [2.45, 2.75) is 25.7 Å². The molecule has 0 N–H and O–H groups in total. The van der Waals surface area contributed by atoms with Gasteiger partial charge in [-0.05, 0) is 33.4 Å². The van der Waals surface area contributed by atoms with Crippen LogP contribution in [0.2, 0.25) is 0 Å². The van der Waals surface area contributed by atoms with Crippen LogP contribution in [0, 0.1) is 6.92 Å². The summed E-state index contributed by atoms with van der Waals surface area (Å²) >= 11 is 0. The number of ether oxygens (including phenoxy) is 1. The second-order valence-electron chi connectivity index (χ2n) is 5.74. The first-order valence-electron chi connectivity index (χ1n) is 7.34. The molecule has 112 valence electrons. The molecule has 2 rings (SSSR count). The van der Waals surface area contributed by atoms with Crippen molar-refractivity contribution in [2.75, 3.05) is 52.3 Å². The lowest BCUT2D eigenvalue weighted by atomic mass is 9.97. The molecule has 1 aromatic rings. The van der Waals surface area contributed by atoms with Crippen LogP contribution in [0.5, 0.6) is 0 Å². The van der Waals surface area contributed by atoms with Gasteiger partial charge in [-0.15, -0.1) is 0 Å². The third-order valence-corrected chi connectivity index (χ3v) is 3.87. The van der Waals surface area contributed by atoms with Crippen LogP contribution in [-0.2, 0) is 4.74 Å². The highest BCUT2D eigenvalue weighted by Gasteiger charge is 2.22. The molecule has 2 heterocycles. The van der Waals surface area contributed by atoms with Crippen molar-refractivity contribution in [1.29, 1.82) is 0 Å².